The largest absolute Gasteiger partial charge is 0.482 e. The number of aromatic nitrogens is 1. The van der Waals surface area contributed by atoms with Gasteiger partial charge in [-0.05, 0) is 50.2 Å². The Balaban J connectivity index is 1.43. The van der Waals surface area contributed by atoms with Gasteiger partial charge >= 0.3 is 5.97 Å². The Morgan fingerprint density at radius 3 is 2.80 bits per heavy atom. The van der Waals surface area contributed by atoms with E-state index >= 15 is 0 Å². The third-order valence-electron chi connectivity index (χ3n) is 4.96. The molecule has 1 aliphatic heterocycles. The highest BCUT2D eigenvalue weighted by Crippen LogP contribution is 2.28. The number of amides is 1. The minimum atomic E-state index is -0.572. The first kappa shape index (κ1) is 19.5. The second-order valence-corrected chi connectivity index (χ2v) is 7.00. The van der Waals surface area contributed by atoms with Gasteiger partial charge in [0.05, 0.1) is 24.1 Å². The maximum absolute atomic E-state index is 12.6. The summed E-state index contributed by atoms with van der Waals surface area (Å²) >= 11 is 0. The SMILES string of the molecule is Cc1cc(C(=O)OCC(=O)c2ccc3c(c2)NC(=O)CO3)c(C)n1Cc1ccco1. The standard InChI is InChI=1S/C22H20N2O6/c1-13-8-17(14(2)24(13)10-16-4-3-7-28-16)22(27)30-11-19(25)15-5-6-20-18(9-15)23-21(26)12-29-20/h3-9H,10-12H2,1-2H3,(H,23,26). The number of carbonyl (C=O) groups is 3. The molecule has 3 aromatic rings. The molecular formula is C22H20N2O6. The maximum atomic E-state index is 12.6. The van der Waals surface area contributed by atoms with Gasteiger partial charge in [0.25, 0.3) is 5.91 Å². The van der Waals surface area contributed by atoms with E-state index in [1.165, 1.54) is 6.07 Å². The van der Waals surface area contributed by atoms with Crippen LogP contribution in [0.4, 0.5) is 5.69 Å². The lowest BCUT2D eigenvalue weighted by Gasteiger charge is -2.18. The summed E-state index contributed by atoms with van der Waals surface area (Å²) in [7, 11) is 0. The lowest BCUT2D eigenvalue weighted by molar-refractivity contribution is -0.118. The van der Waals surface area contributed by atoms with Gasteiger partial charge in [0.2, 0.25) is 0 Å². The van der Waals surface area contributed by atoms with Gasteiger partial charge < -0.3 is 23.8 Å². The fourth-order valence-electron chi connectivity index (χ4n) is 3.36. The quantitative estimate of drug-likeness (QED) is 0.497. The summed E-state index contributed by atoms with van der Waals surface area (Å²) in [5.41, 5.74) is 2.75. The average Bonchev–Trinajstić information content (AvgIpc) is 3.35. The highest BCUT2D eigenvalue weighted by atomic mass is 16.5. The summed E-state index contributed by atoms with van der Waals surface area (Å²) < 4.78 is 17.8. The van der Waals surface area contributed by atoms with Gasteiger partial charge in [0, 0.05) is 17.0 Å². The Hall–Kier alpha value is -3.81. The molecule has 2 aromatic heterocycles. The number of rotatable bonds is 6. The maximum Gasteiger partial charge on any atom is 0.340 e. The van der Waals surface area contributed by atoms with Crippen LogP contribution in [0.2, 0.25) is 0 Å². The first-order valence-corrected chi connectivity index (χ1v) is 9.38. The first-order chi connectivity index (χ1) is 14.4. The number of hydrogen-bond acceptors (Lipinski definition) is 6. The number of ether oxygens (including phenoxy) is 2. The molecule has 0 bridgehead atoms. The second kappa shape index (κ2) is 7.90. The molecule has 0 fully saturated rings. The number of benzene rings is 1. The molecule has 1 amide bonds. The highest BCUT2D eigenvalue weighted by molar-refractivity contribution is 6.02. The molecule has 8 heteroatoms. The van der Waals surface area contributed by atoms with Crippen molar-refractivity contribution in [1.82, 2.24) is 4.57 Å². The highest BCUT2D eigenvalue weighted by Gasteiger charge is 2.21. The van der Waals surface area contributed by atoms with Crippen LogP contribution in [0.15, 0.2) is 47.1 Å². The van der Waals surface area contributed by atoms with E-state index in [4.69, 9.17) is 13.9 Å². The molecule has 30 heavy (non-hydrogen) atoms. The van der Waals surface area contributed by atoms with Crippen molar-refractivity contribution >= 4 is 23.3 Å². The molecule has 0 radical (unpaired) electrons. The molecule has 154 valence electrons. The van der Waals surface area contributed by atoms with E-state index < -0.39 is 12.6 Å². The zero-order chi connectivity index (χ0) is 21.3. The monoisotopic (exact) mass is 408 g/mol. The number of nitrogens with zero attached hydrogens (tertiary/aromatic N) is 1. The predicted molar refractivity (Wildman–Crippen MR) is 107 cm³/mol. The molecule has 0 atom stereocenters. The number of furan rings is 1. The van der Waals surface area contributed by atoms with Crippen LogP contribution < -0.4 is 10.1 Å². The zero-order valence-electron chi connectivity index (χ0n) is 16.6. The number of fused-ring (bicyclic) bond motifs is 1. The van der Waals surface area contributed by atoms with Crippen LogP contribution in [-0.2, 0) is 16.1 Å². The van der Waals surface area contributed by atoms with Crippen molar-refractivity contribution < 1.29 is 28.3 Å². The van der Waals surface area contributed by atoms with Crippen molar-refractivity contribution in [2.75, 3.05) is 18.5 Å². The van der Waals surface area contributed by atoms with Crippen LogP contribution in [0.5, 0.6) is 5.75 Å². The van der Waals surface area contributed by atoms with E-state index in [0.29, 0.717) is 29.1 Å². The molecule has 0 aliphatic carbocycles. The number of Topliss-reactive ketones (excluding diaryl/α,β-unsaturated/α-hetero) is 1. The van der Waals surface area contributed by atoms with Crippen molar-refractivity contribution in [1.29, 1.82) is 0 Å². The number of anilines is 1. The van der Waals surface area contributed by atoms with Crippen LogP contribution in [0, 0.1) is 13.8 Å². The summed E-state index contributed by atoms with van der Waals surface area (Å²) in [5.74, 6) is 0.0260. The van der Waals surface area contributed by atoms with E-state index in [1.54, 1.807) is 24.5 Å². The molecule has 8 nitrogen and oxygen atoms in total. The van der Waals surface area contributed by atoms with Crippen molar-refractivity contribution in [3.05, 3.63) is 70.9 Å². The molecule has 4 rings (SSSR count). The van der Waals surface area contributed by atoms with Crippen LogP contribution in [-0.4, -0.2) is 35.4 Å². The first-order valence-electron chi connectivity index (χ1n) is 9.38. The van der Waals surface area contributed by atoms with Gasteiger partial charge in [-0.2, -0.15) is 0 Å². The molecule has 1 aliphatic rings. The second-order valence-electron chi connectivity index (χ2n) is 7.00. The van der Waals surface area contributed by atoms with Gasteiger partial charge in [-0.25, -0.2) is 4.79 Å². The summed E-state index contributed by atoms with van der Waals surface area (Å²) in [5, 5.41) is 2.65. The van der Waals surface area contributed by atoms with Crippen molar-refractivity contribution in [3.8, 4) is 5.75 Å². The van der Waals surface area contributed by atoms with E-state index in [1.807, 2.05) is 30.5 Å². The lowest BCUT2D eigenvalue weighted by atomic mass is 10.1. The van der Waals surface area contributed by atoms with Gasteiger partial charge in [0.15, 0.2) is 19.0 Å². The predicted octanol–water partition coefficient (Wildman–Crippen LogP) is 3.12. The lowest BCUT2D eigenvalue weighted by Crippen LogP contribution is -2.25. The Morgan fingerprint density at radius 1 is 1.20 bits per heavy atom. The normalized spacial score (nSPS) is 12.7. The molecule has 0 saturated heterocycles. The molecule has 0 unspecified atom stereocenters. The molecule has 0 spiro atoms. The summed E-state index contributed by atoms with van der Waals surface area (Å²) in [6, 6.07) is 10.1. The smallest absolute Gasteiger partial charge is 0.340 e. The number of ketones is 1. The summed E-state index contributed by atoms with van der Waals surface area (Å²) in [4.78, 5) is 36.5. The summed E-state index contributed by atoms with van der Waals surface area (Å²) in [6.07, 6.45) is 1.60. The van der Waals surface area contributed by atoms with E-state index in [9.17, 15) is 14.4 Å². The van der Waals surface area contributed by atoms with Gasteiger partial charge in [0.1, 0.15) is 11.5 Å². The van der Waals surface area contributed by atoms with E-state index in [-0.39, 0.29) is 18.3 Å². The Morgan fingerprint density at radius 2 is 2.03 bits per heavy atom. The molecule has 3 heterocycles. The van der Waals surface area contributed by atoms with Crippen LogP contribution in [0.25, 0.3) is 0 Å². The van der Waals surface area contributed by atoms with Crippen molar-refractivity contribution in [2.24, 2.45) is 0 Å². The topological polar surface area (TPSA) is 99.8 Å². The third kappa shape index (κ3) is 3.84. The number of carbonyl (C=O) groups excluding carboxylic acids is 3. The van der Waals surface area contributed by atoms with E-state index in [2.05, 4.69) is 5.32 Å². The van der Waals surface area contributed by atoms with E-state index in [0.717, 1.165) is 17.1 Å². The Kier molecular flexibility index (Phi) is 5.14. The molecule has 0 saturated carbocycles. The fourth-order valence-corrected chi connectivity index (χ4v) is 3.36. The molecular weight excluding hydrogens is 388 g/mol. The number of aryl methyl sites for hydroxylation is 1. The fraction of sp³-hybridized carbons (Fsp3) is 0.227. The van der Waals surface area contributed by atoms with Gasteiger partial charge in [-0.1, -0.05) is 0 Å². The van der Waals surface area contributed by atoms with Gasteiger partial charge in [-0.15, -0.1) is 0 Å². The third-order valence-corrected chi connectivity index (χ3v) is 4.96. The average molecular weight is 408 g/mol. The van der Waals surface area contributed by atoms with Crippen LogP contribution in [0.3, 0.4) is 0 Å². The minimum Gasteiger partial charge on any atom is -0.482 e. The Labute approximate surface area is 172 Å². The number of nitrogens with one attached hydrogen (secondary N) is 1. The van der Waals surface area contributed by atoms with Crippen molar-refractivity contribution in [2.45, 2.75) is 20.4 Å². The van der Waals surface area contributed by atoms with Crippen LogP contribution >= 0.6 is 0 Å². The number of hydrogen-bond donors (Lipinski definition) is 1. The number of esters is 1. The zero-order valence-corrected chi connectivity index (χ0v) is 16.6. The van der Waals surface area contributed by atoms with Crippen LogP contribution in [0.1, 0.15) is 37.9 Å². The summed E-state index contributed by atoms with van der Waals surface area (Å²) in [6.45, 7) is 3.74. The minimum absolute atomic E-state index is 0.0593. The van der Waals surface area contributed by atoms with Crippen molar-refractivity contribution in [3.63, 3.8) is 0 Å². The van der Waals surface area contributed by atoms with Gasteiger partial charge in [-0.3, -0.25) is 9.59 Å². The molecule has 1 aromatic carbocycles. The Bertz CT molecular complexity index is 1130. The molecule has 1 N–H and O–H groups in total.